The number of carboxylic acid groups (broad SMARTS) is 1. The average molecular weight is 288 g/mol. The van der Waals surface area contributed by atoms with Gasteiger partial charge in [0, 0.05) is 25.4 Å². The first-order valence-electron chi connectivity index (χ1n) is 7.26. The Bertz CT molecular complexity index is 537. The number of carbonyl (C=O) groups is 2. The summed E-state index contributed by atoms with van der Waals surface area (Å²) in [4.78, 5) is 28.8. The van der Waals surface area contributed by atoms with Gasteiger partial charge in [0.1, 0.15) is 5.69 Å². The van der Waals surface area contributed by atoms with Crippen molar-refractivity contribution in [2.24, 2.45) is 5.92 Å². The van der Waals surface area contributed by atoms with Crippen LogP contribution in [0.15, 0.2) is 24.4 Å². The number of likely N-dealkylation sites (tertiary alicyclic amines) is 1. The molecule has 2 heterocycles. The zero-order valence-electron chi connectivity index (χ0n) is 12.2. The maximum absolute atomic E-state index is 12.3. The molecular weight excluding hydrogens is 268 g/mol. The first-order valence-corrected chi connectivity index (χ1v) is 7.26. The van der Waals surface area contributed by atoms with Crippen molar-refractivity contribution < 1.29 is 14.7 Å². The van der Waals surface area contributed by atoms with Gasteiger partial charge in [0.15, 0.2) is 0 Å². The number of rotatable bonds is 5. The summed E-state index contributed by atoms with van der Waals surface area (Å²) >= 11 is 0. The first kappa shape index (κ1) is 15.2. The molecular formula is C16H20N2O3. The summed E-state index contributed by atoms with van der Waals surface area (Å²) in [6, 6.07) is 3.36. The summed E-state index contributed by atoms with van der Waals surface area (Å²) < 4.78 is 0. The lowest BCUT2D eigenvalue weighted by Gasteiger charge is -2.15. The molecule has 5 heteroatoms. The van der Waals surface area contributed by atoms with Crippen molar-refractivity contribution >= 4 is 18.0 Å². The van der Waals surface area contributed by atoms with E-state index in [1.165, 1.54) is 12.3 Å². The molecule has 1 unspecified atom stereocenters. The Morgan fingerprint density at radius 2 is 2.29 bits per heavy atom. The lowest BCUT2D eigenvalue weighted by atomic mass is 10.0. The number of hydrogen-bond acceptors (Lipinski definition) is 3. The van der Waals surface area contributed by atoms with Crippen LogP contribution in [0.5, 0.6) is 0 Å². The molecule has 2 rings (SSSR count). The van der Waals surface area contributed by atoms with E-state index >= 15 is 0 Å². The van der Waals surface area contributed by atoms with E-state index < -0.39 is 5.97 Å². The number of hydrogen-bond donors (Lipinski definition) is 1. The minimum atomic E-state index is -1.01. The molecule has 0 spiro atoms. The van der Waals surface area contributed by atoms with E-state index in [4.69, 9.17) is 5.11 Å². The van der Waals surface area contributed by atoms with E-state index in [2.05, 4.69) is 11.9 Å². The molecule has 5 nitrogen and oxygen atoms in total. The largest absolute Gasteiger partial charge is 0.478 e. The van der Waals surface area contributed by atoms with Crippen molar-refractivity contribution in [3.05, 3.63) is 35.7 Å². The third-order valence-electron chi connectivity index (χ3n) is 3.69. The van der Waals surface area contributed by atoms with Gasteiger partial charge in [0.25, 0.3) is 5.91 Å². The molecule has 1 aliphatic rings. The summed E-state index contributed by atoms with van der Waals surface area (Å²) in [6.45, 7) is 3.77. The highest BCUT2D eigenvalue weighted by molar-refractivity contribution is 5.92. The Labute approximate surface area is 124 Å². The van der Waals surface area contributed by atoms with Gasteiger partial charge in [-0.3, -0.25) is 9.78 Å². The zero-order chi connectivity index (χ0) is 15.2. The van der Waals surface area contributed by atoms with Crippen LogP contribution in [-0.4, -0.2) is 40.0 Å². The van der Waals surface area contributed by atoms with Crippen LogP contribution in [-0.2, 0) is 4.79 Å². The van der Waals surface area contributed by atoms with Crippen molar-refractivity contribution in [3.63, 3.8) is 0 Å². The predicted molar refractivity (Wildman–Crippen MR) is 79.8 cm³/mol. The van der Waals surface area contributed by atoms with Gasteiger partial charge in [0.05, 0.1) is 0 Å². The van der Waals surface area contributed by atoms with Crippen LogP contribution in [0.1, 0.15) is 42.2 Å². The molecule has 1 aromatic heterocycles. The molecule has 0 radical (unpaired) electrons. The van der Waals surface area contributed by atoms with Crippen LogP contribution in [0.25, 0.3) is 6.08 Å². The summed E-state index contributed by atoms with van der Waals surface area (Å²) in [7, 11) is 0. The Morgan fingerprint density at radius 3 is 2.90 bits per heavy atom. The summed E-state index contributed by atoms with van der Waals surface area (Å²) in [6.07, 6.45) is 7.40. The number of carboxylic acids is 1. The Morgan fingerprint density at radius 1 is 1.48 bits per heavy atom. The van der Waals surface area contributed by atoms with Gasteiger partial charge in [-0.05, 0) is 36.5 Å². The Balaban J connectivity index is 1.99. The van der Waals surface area contributed by atoms with Gasteiger partial charge < -0.3 is 10.0 Å². The predicted octanol–water partition coefficient (Wildman–Crippen LogP) is 2.44. The zero-order valence-corrected chi connectivity index (χ0v) is 12.2. The molecule has 0 saturated carbocycles. The van der Waals surface area contributed by atoms with Crippen molar-refractivity contribution in [2.45, 2.75) is 26.2 Å². The van der Waals surface area contributed by atoms with E-state index in [1.54, 1.807) is 12.1 Å². The van der Waals surface area contributed by atoms with E-state index in [-0.39, 0.29) is 5.91 Å². The topological polar surface area (TPSA) is 70.5 Å². The first-order chi connectivity index (χ1) is 10.1. The molecule has 1 fully saturated rings. The molecule has 1 aliphatic heterocycles. The van der Waals surface area contributed by atoms with Crippen LogP contribution >= 0.6 is 0 Å². The number of aromatic nitrogens is 1. The molecule has 1 aromatic rings. The number of nitrogens with zero attached hydrogens (tertiary/aromatic N) is 2. The lowest BCUT2D eigenvalue weighted by Crippen LogP contribution is -2.29. The van der Waals surface area contributed by atoms with E-state index in [0.717, 1.165) is 38.4 Å². The van der Waals surface area contributed by atoms with E-state index in [9.17, 15) is 9.59 Å². The molecule has 1 amide bonds. The number of amides is 1. The van der Waals surface area contributed by atoms with Crippen LogP contribution in [0.4, 0.5) is 0 Å². The van der Waals surface area contributed by atoms with Gasteiger partial charge in [-0.1, -0.05) is 19.4 Å². The quantitative estimate of drug-likeness (QED) is 0.845. The smallest absolute Gasteiger partial charge is 0.328 e. The van der Waals surface area contributed by atoms with Gasteiger partial charge in [-0.2, -0.15) is 0 Å². The molecule has 1 atom stereocenters. The minimum absolute atomic E-state index is 0.0395. The standard InChI is InChI=1S/C16H20N2O3/c1-2-3-13-8-9-18(11-13)16(21)14-6-4-12(10-17-14)5-7-15(19)20/h4-7,10,13H,2-3,8-9,11H2,1H3,(H,19,20)/b7-5+. The minimum Gasteiger partial charge on any atom is -0.478 e. The van der Waals surface area contributed by atoms with E-state index in [1.807, 2.05) is 4.90 Å². The highest BCUT2D eigenvalue weighted by atomic mass is 16.4. The second-order valence-electron chi connectivity index (χ2n) is 5.34. The van der Waals surface area contributed by atoms with Gasteiger partial charge in [-0.25, -0.2) is 4.79 Å². The van der Waals surface area contributed by atoms with Gasteiger partial charge >= 0.3 is 5.97 Å². The third-order valence-corrected chi connectivity index (χ3v) is 3.69. The highest BCUT2D eigenvalue weighted by Gasteiger charge is 2.26. The molecule has 0 aromatic carbocycles. The van der Waals surface area contributed by atoms with E-state index in [0.29, 0.717) is 17.2 Å². The SMILES string of the molecule is CCCC1CCN(C(=O)c2ccc(/C=C/C(=O)O)cn2)C1. The second kappa shape index (κ2) is 7.02. The Hall–Kier alpha value is -2.17. The fourth-order valence-corrected chi connectivity index (χ4v) is 2.62. The number of carbonyl (C=O) groups excluding carboxylic acids is 1. The number of aliphatic carboxylic acids is 1. The molecule has 0 aliphatic carbocycles. The Kier molecular flexibility index (Phi) is 5.09. The molecule has 21 heavy (non-hydrogen) atoms. The summed E-state index contributed by atoms with van der Waals surface area (Å²) in [5.74, 6) is -0.437. The summed E-state index contributed by atoms with van der Waals surface area (Å²) in [5, 5.41) is 8.56. The average Bonchev–Trinajstić information content (AvgIpc) is 2.94. The maximum atomic E-state index is 12.3. The normalized spacial score (nSPS) is 18.3. The molecule has 0 bridgehead atoms. The fraction of sp³-hybridized carbons (Fsp3) is 0.438. The second-order valence-corrected chi connectivity index (χ2v) is 5.34. The van der Waals surface area contributed by atoms with Crippen LogP contribution in [0.2, 0.25) is 0 Å². The van der Waals surface area contributed by atoms with Crippen molar-refractivity contribution in [3.8, 4) is 0 Å². The molecule has 1 saturated heterocycles. The third kappa shape index (κ3) is 4.15. The van der Waals surface area contributed by atoms with Crippen LogP contribution in [0, 0.1) is 5.92 Å². The summed E-state index contributed by atoms with van der Waals surface area (Å²) in [5.41, 5.74) is 1.08. The highest BCUT2D eigenvalue weighted by Crippen LogP contribution is 2.22. The fourth-order valence-electron chi connectivity index (χ4n) is 2.62. The van der Waals surface area contributed by atoms with Crippen molar-refractivity contribution in [2.75, 3.05) is 13.1 Å². The lowest BCUT2D eigenvalue weighted by molar-refractivity contribution is -0.131. The monoisotopic (exact) mass is 288 g/mol. The van der Waals surface area contributed by atoms with Gasteiger partial charge in [-0.15, -0.1) is 0 Å². The van der Waals surface area contributed by atoms with Crippen molar-refractivity contribution in [1.29, 1.82) is 0 Å². The number of pyridine rings is 1. The maximum Gasteiger partial charge on any atom is 0.328 e. The molecule has 1 N–H and O–H groups in total. The van der Waals surface area contributed by atoms with Crippen LogP contribution < -0.4 is 0 Å². The van der Waals surface area contributed by atoms with Crippen molar-refractivity contribution in [1.82, 2.24) is 9.88 Å². The van der Waals surface area contributed by atoms with Gasteiger partial charge in [0.2, 0.25) is 0 Å². The molecule has 112 valence electrons. The van der Waals surface area contributed by atoms with Crippen LogP contribution in [0.3, 0.4) is 0 Å².